The molecule has 142 valence electrons. The van der Waals surface area contributed by atoms with Gasteiger partial charge in [0.05, 0.1) is 5.69 Å². The molecule has 6 nitrogen and oxygen atoms in total. The lowest BCUT2D eigenvalue weighted by molar-refractivity contribution is -0.135. The Bertz CT molecular complexity index is 986. The Labute approximate surface area is 161 Å². The summed E-state index contributed by atoms with van der Waals surface area (Å²) in [4.78, 5) is 28.4. The molecule has 1 saturated heterocycles. The zero-order valence-corrected chi connectivity index (χ0v) is 15.1. The number of carbonyl (C=O) groups is 2. The molecule has 1 N–H and O–H groups in total. The highest BCUT2D eigenvalue weighted by Crippen LogP contribution is 2.18. The van der Waals surface area contributed by atoms with Gasteiger partial charge in [0.1, 0.15) is 12.4 Å². The summed E-state index contributed by atoms with van der Waals surface area (Å²) in [5.74, 6) is -0.634. The average molecular weight is 378 g/mol. The number of aromatic amines is 1. The molecule has 28 heavy (non-hydrogen) atoms. The second-order valence-electron chi connectivity index (χ2n) is 6.72. The maximum absolute atomic E-state index is 13.3. The first kappa shape index (κ1) is 17.9. The molecule has 1 fully saturated rings. The zero-order chi connectivity index (χ0) is 19.5. The van der Waals surface area contributed by atoms with Crippen LogP contribution < -0.4 is 0 Å². The lowest BCUT2D eigenvalue weighted by Crippen LogP contribution is -2.51. The van der Waals surface area contributed by atoms with E-state index in [0.29, 0.717) is 25.2 Å². The maximum atomic E-state index is 13.3. The van der Waals surface area contributed by atoms with Gasteiger partial charge in [-0.25, -0.2) is 4.39 Å². The second kappa shape index (κ2) is 7.64. The Hall–Kier alpha value is -3.48. The molecule has 0 saturated carbocycles. The molecule has 1 aliphatic rings. The molecule has 2 heterocycles. The fraction of sp³-hybridized carbons (Fsp3) is 0.190. The van der Waals surface area contributed by atoms with Crippen LogP contribution >= 0.6 is 0 Å². The van der Waals surface area contributed by atoms with Gasteiger partial charge in [0, 0.05) is 31.4 Å². The smallest absolute Gasteiger partial charge is 0.254 e. The zero-order valence-electron chi connectivity index (χ0n) is 15.1. The van der Waals surface area contributed by atoms with Crippen molar-refractivity contribution in [3.05, 3.63) is 77.7 Å². The van der Waals surface area contributed by atoms with E-state index >= 15 is 0 Å². The highest BCUT2D eigenvalue weighted by Gasteiger charge is 2.27. The second-order valence-corrected chi connectivity index (χ2v) is 6.72. The number of nitrogens with one attached hydrogen (secondary N) is 1. The van der Waals surface area contributed by atoms with Crippen LogP contribution in [-0.2, 0) is 11.3 Å². The fourth-order valence-electron chi connectivity index (χ4n) is 3.30. The first-order valence-corrected chi connectivity index (χ1v) is 9.01. The first-order chi connectivity index (χ1) is 13.6. The Morgan fingerprint density at radius 1 is 1.11 bits per heavy atom. The number of H-pyrrole nitrogens is 1. The van der Waals surface area contributed by atoms with Crippen LogP contribution in [0, 0.1) is 5.82 Å². The maximum Gasteiger partial charge on any atom is 0.254 e. The molecule has 2 aromatic carbocycles. The molecular weight excluding hydrogens is 359 g/mol. The van der Waals surface area contributed by atoms with Gasteiger partial charge >= 0.3 is 0 Å². The molecule has 0 bridgehead atoms. The molecule has 2 amide bonds. The van der Waals surface area contributed by atoms with Gasteiger partial charge in [-0.3, -0.25) is 14.7 Å². The van der Waals surface area contributed by atoms with E-state index in [9.17, 15) is 14.0 Å². The van der Waals surface area contributed by atoms with Crippen molar-refractivity contribution >= 4 is 11.8 Å². The van der Waals surface area contributed by atoms with Crippen molar-refractivity contribution in [2.75, 3.05) is 19.6 Å². The number of carbonyl (C=O) groups excluding carboxylic acids is 2. The highest BCUT2D eigenvalue weighted by atomic mass is 19.1. The van der Waals surface area contributed by atoms with E-state index in [2.05, 4.69) is 10.2 Å². The summed E-state index contributed by atoms with van der Waals surface area (Å²) >= 11 is 0. The largest absolute Gasteiger partial charge is 0.335 e. The van der Waals surface area contributed by atoms with Gasteiger partial charge in [-0.05, 0) is 41.5 Å². The highest BCUT2D eigenvalue weighted by molar-refractivity contribution is 5.97. The van der Waals surface area contributed by atoms with Crippen molar-refractivity contribution in [3.8, 4) is 11.3 Å². The van der Waals surface area contributed by atoms with Gasteiger partial charge in [0.15, 0.2) is 0 Å². The number of aromatic nitrogens is 2. The SMILES string of the molecule is O=C1CN(C(=O)c2ccc(-c3ccn[nH]3)cc2)CCN1Cc1cccc(F)c1. The molecule has 0 unspecified atom stereocenters. The van der Waals surface area contributed by atoms with Crippen LogP contribution in [0.1, 0.15) is 15.9 Å². The predicted molar refractivity (Wildman–Crippen MR) is 102 cm³/mol. The topological polar surface area (TPSA) is 69.3 Å². The summed E-state index contributed by atoms with van der Waals surface area (Å²) in [7, 11) is 0. The van der Waals surface area contributed by atoms with Crippen molar-refractivity contribution in [1.29, 1.82) is 0 Å². The number of halogens is 1. The fourth-order valence-corrected chi connectivity index (χ4v) is 3.30. The van der Waals surface area contributed by atoms with Crippen molar-refractivity contribution in [3.63, 3.8) is 0 Å². The summed E-state index contributed by atoms with van der Waals surface area (Å²) in [6.45, 7) is 1.24. The molecule has 1 aliphatic heterocycles. The summed E-state index contributed by atoms with van der Waals surface area (Å²) in [6.07, 6.45) is 1.67. The number of rotatable bonds is 4. The van der Waals surface area contributed by atoms with E-state index in [1.807, 2.05) is 18.2 Å². The van der Waals surface area contributed by atoms with Gasteiger partial charge in [0.25, 0.3) is 5.91 Å². The average Bonchev–Trinajstić information content (AvgIpc) is 3.24. The molecule has 0 atom stereocenters. The number of hydrogen-bond donors (Lipinski definition) is 1. The minimum atomic E-state index is -0.322. The molecule has 0 radical (unpaired) electrons. The van der Waals surface area contributed by atoms with Gasteiger partial charge < -0.3 is 9.80 Å². The summed E-state index contributed by atoms with van der Waals surface area (Å²) < 4.78 is 13.3. The standard InChI is InChI=1S/C21H19FN4O2/c22-18-3-1-2-15(12-18)13-25-10-11-26(14-20(25)27)21(28)17-6-4-16(5-7-17)19-8-9-23-24-19/h1-9,12H,10-11,13-14H2,(H,23,24). The molecular formula is C21H19FN4O2. The molecule has 7 heteroatoms. The van der Waals surface area contributed by atoms with Crippen LogP contribution in [0.3, 0.4) is 0 Å². The van der Waals surface area contributed by atoms with E-state index in [1.165, 1.54) is 12.1 Å². The molecule has 4 rings (SSSR count). The monoisotopic (exact) mass is 378 g/mol. The molecule has 1 aromatic heterocycles. The van der Waals surface area contributed by atoms with Crippen LogP contribution in [0.15, 0.2) is 60.8 Å². The van der Waals surface area contributed by atoms with E-state index in [4.69, 9.17) is 0 Å². The number of benzene rings is 2. The number of hydrogen-bond acceptors (Lipinski definition) is 3. The third-order valence-electron chi connectivity index (χ3n) is 4.81. The van der Waals surface area contributed by atoms with Gasteiger partial charge in [-0.2, -0.15) is 5.10 Å². The van der Waals surface area contributed by atoms with E-state index in [1.54, 1.807) is 40.3 Å². The number of nitrogens with zero attached hydrogens (tertiary/aromatic N) is 3. The number of amides is 2. The Balaban J connectivity index is 1.39. The van der Waals surface area contributed by atoms with Crippen LogP contribution in [0.5, 0.6) is 0 Å². The van der Waals surface area contributed by atoms with E-state index in [-0.39, 0.29) is 24.2 Å². The molecule has 3 aromatic rings. The molecule has 0 aliphatic carbocycles. The van der Waals surface area contributed by atoms with Gasteiger partial charge in [-0.1, -0.05) is 24.3 Å². The molecule has 0 spiro atoms. The van der Waals surface area contributed by atoms with E-state index in [0.717, 1.165) is 16.8 Å². The van der Waals surface area contributed by atoms with Crippen LogP contribution in [0.2, 0.25) is 0 Å². The lowest BCUT2D eigenvalue weighted by atomic mass is 10.1. The normalized spacial score (nSPS) is 14.4. The Morgan fingerprint density at radius 3 is 2.61 bits per heavy atom. The third kappa shape index (κ3) is 3.78. The number of piperazine rings is 1. The first-order valence-electron chi connectivity index (χ1n) is 9.01. The van der Waals surface area contributed by atoms with Crippen molar-refractivity contribution < 1.29 is 14.0 Å². The summed E-state index contributed by atoms with van der Waals surface area (Å²) in [6, 6.07) is 15.3. The van der Waals surface area contributed by atoms with Crippen LogP contribution in [-0.4, -0.2) is 51.4 Å². The predicted octanol–water partition coefficient (Wildman–Crippen LogP) is 2.70. The lowest BCUT2D eigenvalue weighted by Gasteiger charge is -2.34. The van der Waals surface area contributed by atoms with Gasteiger partial charge in [-0.15, -0.1) is 0 Å². The summed E-state index contributed by atoms with van der Waals surface area (Å²) in [5, 5.41) is 6.80. The van der Waals surface area contributed by atoms with Crippen molar-refractivity contribution in [2.45, 2.75) is 6.54 Å². The van der Waals surface area contributed by atoms with Crippen LogP contribution in [0.4, 0.5) is 4.39 Å². The third-order valence-corrected chi connectivity index (χ3v) is 4.81. The Morgan fingerprint density at radius 2 is 1.93 bits per heavy atom. The quantitative estimate of drug-likeness (QED) is 0.759. The minimum Gasteiger partial charge on any atom is -0.335 e. The van der Waals surface area contributed by atoms with Crippen molar-refractivity contribution in [2.24, 2.45) is 0 Å². The van der Waals surface area contributed by atoms with Crippen LogP contribution in [0.25, 0.3) is 11.3 Å². The van der Waals surface area contributed by atoms with Crippen molar-refractivity contribution in [1.82, 2.24) is 20.0 Å². The Kier molecular flexibility index (Phi) is 4.89. The van der Waals surface area contributed by atoms with E-state index < -0.39 is 0 Å². The minimum absolute atomic E-state index is 0.0243. The summed E-state index contributed by atoms with van der Waals surface area (Å²) in [5.41, 5.74) is 3.09. The van der Waals surface area contributed by atoms with Gasteiger partial charge in [0.2, 0.25) is 5.91 Å².